The summed E-state index contributed by atoms with van der Waals surface area (Å²) in [5, 5.41) is 7.43. The van der Waals surface area contributed by atoms with Crippen molar-refractivity contribution in [3.8, 4) is 11.5 Å². The molecule has 0 radical (unpaired) electrons. The van der Waals surface area contributed by atoms with Crippen LogP contribution in [0.3, 0.4) is 0 Å². The van der Waals surface area contributed by atoms with Gasteiger partial charge in [-0.05, 0) is 44.9 Å². The highest BCUT2D eigenvalue weighted by Crippen LogP contribution is 2.29. The Morgan fingerprint density at radius 2 is 2.00 bits per heavy atom. The van der Waals surface area contributed by atoms with Crippen LogP contribution < -0.4 is 14.8 Å². The zero-order valence-electron chi connectivity index (χ0n) is 15.8. The van der Waals surface area contributed by atoms with Gasteiger partial charge in [0.15, 0.2) is 0 Å². The second-order valence-corrected chi connectivity index (χ2v) is 6.17. The van der Waals surface area contributed by atoms with E-state index in [2.05, 4.69) is 10.4 Å². The molecule has 0 saturated carbocycles. The number of aryl methyl sites for hydroxylation is 2. The number of hydrogen-bond donors (Lipinski definition) is 1. The first-order valence-corrected chi connectivity index (χ1v) is 8.37. The SMILES string of the molecule is COc1ccc(C(C)NC(=O)CCc2c(C)nn(C)c2C)c(OC)c1. The minimum atomic E-state index is -0.149. The van der Waals surface area contributed by atoms with E-state index in [1.165, 1.54) is 0 Å². The quantitative estimate of drug-likeness (QED) is 0.838. The molecule has 6 heteroatoms. The number of nitrogens with zero attached hydrogens (tertiary/aromatic N) is 2. The van der Waals surface area contributed by atoms with Crippen LogP contribution >= 0.6 is 0 Å². The largest absolute Gasteiger partial charge is 0.497 e. The van der Waals surface area contributed by atoms with E-state index in [1.807, 2.05) is 50.7 Å². The van der Waals surface area contributed by atoms with Gasteiger partial charge >= 0.3 is 0 Å². The van der Waals surface area contributed by atoms with Crippen LogP contribution in [0.1, 0.15) is 41.9 Å². The summed E-state index contributed by atoms with van der Waals surface area (Å²) in [6, 6.07) is 5.45. The monoisotopic (exact) mass is 345 g/mol. The zero-order chi connectivity index (χ0) is 18.6. The van der Waals surface area contributed by atoms with Crippen molar-refractivity contribution in [2.24, 2.45) is 7.05 Å². The molecule has 2 aromatic rings. The Hall–Kier alpha value is -2.50. The molecule has 1 aromatic carbocycles. The van der Waals surface area contributed by atoms with Crippen LogP contribution in [0.4, 0.5) is 0 Å². The summed E-state index contributed by atoms with van der Waals surface area (Å²) in [6.07, 6.45) is 1.11. The fourth-order valence-electron chi connectivity index (χ4n) is 2.99. The Morgan fingerprint density at radius 3 is 2.56 bits per heavy atom. The van der Waals surface area contributed by atoms with E-state index in [1.54, 1.807) is 14.2 Å². The molecule has 1 heterocycles. The number of rotatable bonds is 7. The molecule has 0 spiro atoms. The lowest BCUT2D eigenvalue weighted by Gasteiger charge is -2.18. The molecule has 2 rings (SSSR count). The van der Waals surface area contributed by atoms with Crippen molar-refractivity contribution in [1.29, 1.82) is 0 Å². The number of ether oxygens (including phenoxy) is 2. The lowest BCUT2D eigenvalue weighted by Crippen LogP contribution is -2.27. The van der Waals surface area contributed by atoms with Gasteiger partial charge in [-0.2, -0.15) is 5.10 Å². The molecular weight excluding hydrogens is 318 g/mol. The number of amides is 1. The van der Waals surface area contributed by atoms with Gasteiger partial charge in [-0.25, -0.2) is 0 Å². The number of carbonyl (C=O) groups excluding carboxylic acids is 1. The van der Waals surface area contributed by atoms with Gasteiger partial charge in [0.2, 0.25) is 5.91 Å². The average Bonchev–Trinajstić information content (AvgIpc) is 2.84. The third kappa shape index (κ3) is 4.32. The fraction of sp³-hybridized carbons (Fsp3) is 0.474. The summed E-state index contributed by atoms with van der Waals surface area (Å²) in [7, 11) is 5.15. The van der Waals surface area contributed by atoms with Crippen LogP contribution in [-0.4, -0.2) is 29.9 Å². The minimum Gasteiger partial charge on any atom is -0.497 e. The second-order valence-electron chi connectivity index (χ2n) is 6.17. The maximum Gasteiger partial charge on any atom is 0.220 e. The van der Waals surface area contributed by atoms with Crippen molar-refractivity contribution in [1.82, 2.24) is 15.1 Å². The topological polar surface area (TPSA) is 65.4 Å². The van der Waals surface area contributed by atoms with Crippen LogP contribution in [0.15, 0.2) is 18.2 Å². The molecule has 25 heavy (non-hydrogen) atoms. The maximum atomic E-state index is 12.3. The summed E-state index contributed by atoms with van der Waals surface area (Å²) in [6.45, 7) is 5.95. The highest BCUT2D eigenvalue weighted by molar-refractivity contribution is 5.77. The highest BCUT2D eigenvalue weighted by Gasteiger charge is 2.16. The predicted octanol–water partition coefficient (Wildman–Crippen LogP) is 2.86. The molecule has 0 aliphatic heterocycles. The van der Waals surface area contributed by atoms with Gasteiger partial charge in [-0.3, -0.25) is 9.48 Å². The molecule has 1 unspecified atom stereocenters. The smallest absolute Gasteiger partial charge is 0.220 e. The first kappa shape index (κ1) is 18.8. The van der Waals surface area contributed by atoms with E-state index in [0.29, 0.717) is 18.6 Å². The van der Waals surface area contributed by atoms with Crippen molar-refractivity contribution in [3.63, 3.8) is 0 Å². The molecule has 0 aliphatic carbocycles. The molecule has 1 amide bonds. The van der Waals surface area contributed by atoms with Crippen molar-refractivity contribution >= 4 is 5.91 Å². The van der Waals surface area contributed by atoms with E-state index < -0.39 is 0 Å². The molecule has 1 atom stereocenters. The summed E-state index contributed by atoms with van der Waals surface area (Å²) < 4.78 is 12.5. The molecule has 1 aromatic heterocycles. The van der Waals surface area contributed by atoms with E-state index in [0.717, 1.165) is 28.3 Å². The number of carbonyl (C=O) groups is 1. The standard InChI is InChI=1S/C19H27N3O3/c1-12(17-8-7-15(24-5)11-18(17)25-6)20-19(23)10-9-16-13(2)21-22(4)14(16)3/h7-8,11-12H,9-10H2,1-6H3,(H,20,23). The number of aromatic nitrogens is 2. The Kier molecular flexibility index (Phi) is 6.07. The van der Waals surface area contributed by atoms with Crippen LogP contribution in [0.5, 0.6) is 11.5 Å². The summed E-state index contributed by atoms with van der Waals surface area (Å²) in [4.78, 5) is 12.3. The average molecular weight is 345 g/mol. The molecule has 0 aliphatic rings. The van der Waals surface area contributed by atoms with Crippen molar-refractivity contribution in [2.75, 3.05) is 14.2 Å². The van der Waals surface area contributed by atoms with Gasteiger partial charge in [-0.15, -0.1) is 0 Å². The zero-order valence-corrected chi connectivity index (χ0v) is 15.8. The first-order valence-electron chi connectivity index (χ1n) is 8.37. The first-order chi connectivity index (χ1) is 11.9. The second kappa shape index (κ2) is 8.05. The maximum absolute atomic E-state index is 12.3. The molecule has 0 fully saturated rings. The third-order valence-corrected chi connectivity index (χ3v) is 4.55. The molecule has 1 N–H and O–H groups in total. The van der Waals surface area contributed by atoms with Gasteiger partial charge in [-0.1, -0.05) is 0 Å². The molecule has 0 bridgehead atoms. The van der Waals surface area contributed by atoms with Crippen LogP contribution in [0, 0.1) is 13.8 Å². The molecule has 136 valence electrons. The Bertz CT molecular complexity index is 753. The summed E-state index contributed by atoms with van der Waals surface area (Å²) in [5.41, 5.74) is 4.16. The van der Waals surface area contributed by atoms with Gasteiger partial charge < -0.3 is 14.8 Å². The normalized spacial score (nSPS) is 11.9. The Morgan fingerprint density at radius 1 is 1.28 bits per heavy atom. The molecule has 6 nitrogen and oxygen atoms in total. The van der Waals surface area contributed by atoms with Crippen molar-refractivity contribution in [3.05, 3.63) is 40.7 Å². The third-order valence-electron chi connectivity index (χ3n) is 4.55. The molecular formula is C19H27N3O3. The number of benzene rings is 1. The molecule has 0 saturated heterocycles. The van der Waals surface area contributed by atoms with Crippen LogP contribution in [-0.2, 0) is 18.3 Å². The fourth-order valence-corrected chi connectivity index (χ4v) is 2.99. The Labute approximate surface area is 149 Å². The lowest BCUT2D eigenvalue weighted by molar-refractivity contribution is -0.121. The van der Waals surface area contributed by atoms with Gasteiger partial charge in [0.1, 0.15) is 11.5 Å². The van der Waals surface area contributed by atoms with Crippen LogP contribution in [0.25, 0.3) is 0 Å². The van der Waals surface area contributed by atoms with Gasteiger partial charge in [0.25, 0.3) is 0 Å². The number of methoxy groups -OCH3 is 2. The summed E-state index contributed by atoms with van der Waals surface area (Å²) in [5.74, 6) is 1.43. The van der Waals surface area contributed by atoms with Gasteiger partial charge in [0, 0.05) is 30.8 Å². The van der Waals surface area contributed by atoms with Crippen molar-refractivity contribution < 1.29 is 14.3 Å². The number of nitrogens with one attached hydrogen (secondary N) is 1. The Balaban J connectivity index is 2.00. The van der Waals surface area contributed by atoms with Crippen molar-refractivity contribution in [2.45, 2.75) is 39.7 Å². The highest BCUT2D eigenvalue weighted by atomic mass is 16.5. The minimum absolute atomic E-state index is 0.00743. The van der Waals surface area contributed by atoms with Crippen LogP contribution in [0.2, 0.25) is 0 Å². The van der Waals surface area contributed by atoms with E-state index in [9.17, 15) is 4.79 Å². The van der Waals surface area contributed by atoms with E-state index in [4.69, 9.17) is 9.47 Å². The van der Waals surface area contributed by atoms with E-state index >= 15 is 0 Å². The van der Waals surface area contributed by atoms with Gasteiger partial charge in [0.05, 0.1) is 26.0 Å². The predicted molar refractivity (Wildman–Crippen MR) is 97.1 cm³/mol. The van der Waals surface area contributed by atoms with E-state index in [-0.39, 0.29) is 11.9 Å². The lowest BCUT2D eigenvalue weighted by atomic mass is 10.1. The summed E-state index contributed by atoms with van der Waals surface area (Å²) >= 11 is 0. The number of hydrogen-bond acceptors (Lipinski definition) is 4.